The topological polar surface area (TPSA) is 96.0 Å². The molecule has 2 amide bonds. The van der Waals surface area contributed by atoms with Crippen LogP contribution in [0.5, 0.6) is 5.75 Å². The van der Waals surface area contributed by atoms with Gasteiger partial charge in [-0.25, -0.2) is 8.42 Å². The van der Waals surface area contributed by atoms with E-state index in [0.29, 0.717) is 21.4 Å². The van der Waals surface area contributed by atoms with Crippen LogP contribution in [-0.4, -0.2) is 57.1 Å². The molecule has 0 radical (unpaired) electrons. The van der Waals surface area contributed by atoms with Crippen LogP contribution < -0.4 is 14.4 Å². The maximum absolute atomic E-state index is 14.1. The average Bonchev–Trinajstić information content (AvgIpc) is 2.90. The molecule has 0 heterocycles. The summed E-state index contributed by atoms with van der Waals surface area (Å²) in [6.45, 7) is 2.88. The van der Waals surface area contributed by atoms with E-state index in [1.54, 1.807) is 18.2 Å². The predicted octanol–water partition coefficient (Wildman–Crippen LogP) is 5.59. The van der Waals surface area contributed by atoms with E-state index in [4.69, 9.17) is 39.5 Å². The minimum Gasteiger partial charge on any atom is -0.495 e. The van der Waals surface area contributed by atoms with Crippen molar-refractivity contribution in [2.75, 3.05) is 24.2 Å². The summed E-state index contributed by atoms with van der Waals surface area (Å²) in [6.07, 6.45) is 1.15. The Balaban J connectivity index is 2.11. The van der Waals surface area contributed by atoms with Gasteiger partial charge in [-0.2, -0.15) is 0 Å². The number of benzene rings is 3. The zero-order valence-corrected chi connectivity index (χ0v) is 26.2. The van der Waals surface area contributed by atoms with E-state index in [2.05, 4.69) is 5.32 Å². The summed E-state index contributed by atoms with van der Waals surface area (Å²) in [5.74, 6) is -0.699. The quantitative estimate of drug-likeness (QED) is 0.279. The fraction of sp³-hybridized carbons (Fsp3) is 0.310. The van der Waals surface area contributed by atoms with Crippen LogP contribution in [0.1, 0.15) is 25.0 Å². The second-order valence-corrected chi connectivity index (χ2v) is 12.8. The van der Waals surface area contributed by atoms with Gasteiger partial charge in [0.05, 0.1) is 24.1 Å². The smallest absolute Gasteiger partial charge is 0.244 e. The van der Waals surface area contributed by atoms with E-state index in [1.165, 1.54) is 30.2 Å². The first-order valence-electron chi connectivity index (χ1n) is 12.7. The minimum atomic E-state index is -3.96. The molecular weight excluding hydrogens is 609 g/mol. The molecule has 1 atom stereocenters. The Morgan fingerprint density at radius 3 is 2.10 bits per heavy atom. The first-order valence-corrected chi connectivity index (χ1v) is 15.7. The lowest BCUT2D eigenvalue weighted by atomic mass is 10.0. The molecule has 3 aromatic carbocycles. The number of carbonyl (C=O) groups is 2. The van der Waals surface area contributed by atoms with Crippen LogP contribution in [0.3, 0.4) is 0 Å². The second kappa shape index (κ2) is 14.3. The molecule has 0 saturated carbocycles. The normalized spacial score (nSPS) is 12.1. The molecule has 0 spiro atoms. The van der Waals surface area contributed by atoms with E-state index in [0.717, 1.165) is 16.1 Å². The summed E-state index contributed by atoms with van der Waals surface area (Å²) >= 11 is 19.2. The van der Waals surface area contributed by atoms with Crippen molar-refractivity contribution in [2.24, 2.45) is 0 Å². The molecule has 220 valence electrons. The number of rotatable bonds is 12. The Labute approximate surface area is 256 Å². The van der Waals surface area contributed by atoms with Gasteiger partial charge in [-0.3, -0.25) is 13.9 Å². The molecule has 0 saturated heterocycles. The van der Waals surface area contributed by atoms with Gasteiger partial charge in [-0.15, -0.1) is 0 Å². The molecule has 0 unspecified atom stereocenters. The molecule has 0 aromatic heterocycles. The van der Waals surface area contributed by atoms with Crippen molar-refractivity contribution in [1.29, 1.82) is 0 Å². The second-order valence-electron chi connectivity index (χ2n) is 9.68. The lowest BCUT2D eigenvalue weighted by Crippen LogP contribution is -2.54. The van der Waals surface area contributed by atoms with Crippen LogP contribution in [0.2, 0.25) is 15.1 Å². The number of amides is 2. The summed E-state index contributed by atoms with van der Waals surface area (Å²) in [4.78, 5) is 29.0. The van der Waals surface area contributed by atoms with Crippen LogP contribution in [0.4, 0.5) is 5.69 Å². The number of anilines is 1. The summed E-state index contributed by atoms with van der Waals surface area (Å²) in [7, 11) is -2.53. The van der Waals surface area contributed by atoms with Crippen LogP contribution >= 0.6 is 34.8 Å². The van der Waals surface area contributed by atoms with Crippen molar-refractivity contribution >= 4 is 62.3 Å². The fourth-order valence-electron chi connectivity index (χ4n) is 4.21. The van der Waals surface area contributed by atoms with Gasteiger partial charge in [0.25, 0.3) is 0 Å². The largest absolute Gasteiger partial charge is 0.495 e. The summed E-state index contributed by atoms with van der Waals surface area (Å²) in [5, 5.41) is 3.67. The van der Waals surface area contributed by atoms with Gasteiger partial charge in [0.15, 0.2) is 0 Å². The van der Waals surface area contributed by atoms with E-state index in [-0.39, 0.29) is 29.7 Å². The molecule has 0 aliphatic heterocycles. The number of sulfonamides is 1. The van der Waals surface area contributed by atoms with Gasteiger partial charge in [0.2, 0.25) is 21.8 Å². The third-order valence-electron chi connectivity index (χ3n) is 6.19. The van der Waals surface area contributed by atoms with Gasteiger partial charge in [-0.05, 0) is 49.7 Å². The lowest BCUT2D eigenvalue weighted by Gasteiger charge is -2.34. The zero-order chi connectivity index (χ0) is 30.3. The lowest BCUT2D eigenvalue weighted by molar-refractivity contribution is -0.140. The van der Waals surface area contributed by atoms with Gasteiger partial charge in [0, 0.05) is 34.6 Å². The number of hydrogen-bond donors (Lipinski definition) is 1. The summed E-state index contributed by atoms with van der Waals surface area (Å²) in [5.41, 5.74) is 1.40. The Bertz CT molecular complexity index is 1470. The Morgan fingerprint density at radius 1 is 0.927 bits per heavy atom. The van der Waals surface area contributed by atoms with Crippen LogP contribution in [0, 0.1) is 0 Å². The number of methoxy groups -OCH3 is 1. The average molecular weight is 641 g/mol. The summed E-state index contributed by atoms with van der Waals surface area (Å²) < 4.78 is 32.0. The molecule has 0 bridgehead atoms. The number of carbonyl (C=O) groups excluding carboxylic acids is 2. The highest BCUT2D eigenvalue weighted by Gasteiger charge is 2.34. The summed E-state index contributed by atoms with van der Waals surface area (Å²) in [6, 6.07) is 17.3. The molecule has 8 nitrogen and oxygen atoms in total. The fourth-order valence-corrected chi connectivity index (χ4v) is 5.82. The molecule has 41 heavy (non-hydrogen) atoms. The van der Waals surface area contributed by atoms with Gasteiger partial charge < -0.3 is 15.0 Å². The first kappa shape index (κ1) is 32.5. The minimum absolute atomic E-state index is 0.138. The van der Waals surface area contributed by atoms with E-state index in [1.807, 2.05) is 44.2 Å². The molecule has 1 N–H and O–H groups in total. The van der Waals surface area contributed by atoms with E-state index in [9.17, 15) is 18.0 Å². The number of halogens is 3. The third-order valence-corrected chi connectivity index (χ3v) is 8.34. The highest BCUT2D eigenvalue weighted by atomic mass is 35.5. The van der Waals surface area contributed by atoms with Gasteiger partial charge in [-0.1, -0.05) is 71.2 Å². The Hall–Kier alpha value is -2.98. The van der Waals surface area contributed by atoms with E-state index >= 15 is 0 Å². The molecule has 0 aliphatic carbocycles. The Morgan fingerprint density at radius 2 is 1.56 bits per heavy atom. The van der Waals surface area contributed by atoms with Crippen molar-refractivity contribution in [2.45, 2.75) is 38.9 Å². The molecular formula is C29H32Cl3N3O5S. The van der Waals surface area contributed by atoms with E-state index < -0.39 is 34.4 Å². The number of hydrogen-bond acceptors (Lipinski definition) is 5. The van der Waals surface area contributed by atoms with Crippen LogP contribution in [-0.2, 0) is 32.6 Å². The monoisotopic (exact) mass is 639 g/mol. The third kappa shape index (κ3) is 8.75. The number of nitrogens with zero attached hydrogens (tertiary/aromatic N) is 2. The van der Waals surface area contributed by atoms with Crippen LogP contribution in [0.25, 0.3) is 0 Å². The molecule has 0 fully saturated rings. The maximum Gasteiger partial charge on any atom is 0.244 e. The molecule has 3 rings (SSSR count). The van der Waals surface area contributed by atoms with Gasteiger partial charge >= 0.3 is 0 Å². The predicted molar refractivity (Wildman–Crippen MR) is 164 cm³/mol. The maximum atomic E-state index is 14.1. The molecule has 12 heteroatoms. The molecule has 0 aliphatic rings. The Kier molecular flexibility index (Phi) is 11.3. The first-order chi connectivity index (χ1) is 19.3. The van der Waals surface area contributed by atoms with Crippen molar-refractivity contribution in [3.05, 3.63) is 92.9 Å². The zero-order valence-electron chi connectivity index (χ0n) is 23.1. The highest BCUT2D eigenvalue weighted by Crippen LogP contribution is 2.31. The standard InChI is InChI=1S/C29H32Cl3N3O5S/c1-19(2)33-29(37)26(15-20-9-6-5-7-10-20)34(17-22-23(30)11-8-12-24(22)31)28(36)18-35(41(4,38)39)21-13-14-27(40-3)25(32)16-21/h5-14,16,19,26H,15,17-18H2,1-4H3,(H,33,37)/t26-/m1/s1. The van der Waals surface area contributed by atoms with Crippen molar-refractivity contribution in [3.63, 3.8) is 0 Å². The number of nitrogens with one attached hydrogen (secondary N) is 1. The van der Waals surface area contributed by atoms with Crippen LogP contribution in [0.15, 0.2) is 66.7 Å². The number of ether oxygens (including phenoxy) is 1. The van der Waals surface area contributed by atoms with Crippen molar-refractivity contribution in [3.8, 4) is 5.75 Å². The van der Waals surface area contributed by atoms with Gasteiger partial charge in [0.1, 0.15) is 18.3 Å². The molecule has 3 aromatic rings. The SMILES string of the molecule is COc1ccc(N(CC(=O)N(Cc2c(Cl)cccc2Cl)[C@H](Cc2ccccc2)C(=O)NC(C)C)S(C)(=O)=O)cc1Cl. The van der Waals surface area contributed by atoms with Crippen molar-refractivity contribution < 1.29 is 22.7 Å². The highest BCUT2D eigenvalue weighted by molar-refractivity contribution is 7.92. The van der Waals surface area contributed by atoms with Crippen molar-refractivity contribution in [1.82, 2.24) is 10.2 Å².